The van der Waals surface area contributed by atoms with E-state index in [0.717, 1.165) is 41.5 Å². The van der Waals surface area contributed by atoms with Crippen LogP contribution in [-0.2, 0) is 73.3 Å². The Labute approximate surface area is 723 Å². The molecule has 41 heteroatoms. The number of nitrogens with one attached hydrogen (secondary N) is 1. The van der Waals surface area contributed by atoms with Crippen LogP contribution in [0.4, 0.5) is 39.0 Å². The van der Waals surface area contributed by atoms with Crippen LogP contribution in [0.2, 0.25) is 0 Å². The average Bonchev–Trinajstić information content (AvgIpc) is 1.62. The first-order valence-electron chi connectivity index (χ1n) is 34.2. The third-order valence-electron chi connectivity index (χ3n) is 16.3. The number of nitro groups is 2. The van der Waals surface area contributed by atoms with Gasteiger partial charge in [0.25, 0.3) is 5.69 Å². The number of hydrogen-bond acceptors (Lipinski definition) is 23. The molecule has 0 unspecified atom stereocenters. The molecule has 0 bridgehead atoms. The van der Waals surface area contributed by atoms with Crippen LogP contribution in [0.5, 0.6) is 46.0 Å². The molecule has 1 aromatic heterocycles. The number of halogens is 9. The zero-order valence-electron chi connectivity index (χ0n) is 65.4. The van der Waals surface area contributed by atoms with E-state index in [1.165, 1.54) is 45.8 Å². The Bertz CT molecular complexity index is 5470. The summed E-state index contributed by atoms with van der Waals surface area (Å²) in [6, 6.07) is 28.4. The fraction of sp³-hybridized carbons (Fsp3) is 0.342. The van der Waals surface area contributed by atoms with Crippen molar-refractivity contribution in [3.8, 4) is 46.0 Å². The molecule has 0 aliphatic carbocycles. The van der Waals surface area contributed by atoms with Gasteiger partial charge in [0.1, 0.15) is 62.3 Å². The quantitative estimate of drug-likeness (QED) is 0.00907. The van der Waals surface area contributed by atoms with E-state index in [1.54, 1.807) is 106 Å². The summed E-state index contributed by atoms with van der Waals surface area (Å²) < 4.78 is 209. The van der Waals surface area contributed by atoms with Crippen LogP contribution >= 0.6 is 63.7 Å². The third kappa shape index (κ3) is 31.6. The van der Waals surface area contributed by atoms with Gasteiger partial charge in [-0.25, -0.2) is 56.0 Å². The van der Waals surface area contributed by atoms with Gasteiger partial charge in [-0.2, -0.15) is 4.39 Å². The van der Waals surface area contributed by atoms with Crippen LogP contribution in [0.3, 0.4) is 0 Å². The van der Waals surface area contributed by atoms with E-state index in [4.69, 9.17) is 49.4 Å². The molecule has 0 saturated heterocycles. The molecule has 0 spiro atoms. The Morgan fingerprint density at radius 1 is 0.453 bits per heavy atom. The molecule has 117 heavy (non-hydrogen) atoms. The van der Waals surface area contributed by atoms with E-state index in [1.807, 2.05) is 13.8 Å². The number of anilines is 1. The summed E-state index contributed by atoms with van der Waals surface area (Å²) >= 11 is 12.2. The number of aromatic nitrogens is 2. The Balaban J connectivity index is 0.000000387. The van der Waals surface area contributed by atoms with Crippen molar-refractivity contribution in [3.63, 3.8) is 0 Å². The van der Waals surface area contributed by atoms with Crippen molar-refractivity contribution >= 4 is 131 Å². The van der Waals surface area contributed by atoms with Gasteiger partial charge in [-0.3, -0.25) is 24.8 Å². The zero-order valence-corrected chi connectivity index (χ0v) is 78.0. The SMILES string of the molecule is CCOc1cc([C@@H](CS(C)(=O)=O)n2c(=O)[nH]c3cc(Br)cc(F)c32)ccc1OC.CCOc1cc([C@H](Cc2c(F)cc(Br)cc2[N+](=O)[O-])CS(C)(=O)=O)ccc1OC.CCOc1cc([C@H](Cc2c(N)cc(Br)cc2F)CS(C)(=O)=O)ccc1OC.CCOc1cc([C@H](N)CS(C)(=O)=O)ccc1OC.O=[N+]([O-])c1cc(Br)cc(F)c1F.[CH3-].[W]. The zero-order chi connectivity index (χ0) is 86.4. The molecule has 0 radical (unpaired) electrons. The van der Waals surface area contributed by atoms with Crippen LogP contribution in [0.1, 0.15) is 85.0 Å². The molecule has 9 aromatic rings. The number of rotatable bonds is 31. The molecule has 8 aromatic carbocycles. The van der Waals surface area contributed by atoms with E-state index in [9.17, 15) is 80.6 Å². The number of nitrogens with two attached hydrogens (primary N) is 2. The Morgan fingerprint density at radius 2 is 0.786 bits per heavy atom. The van der Waals surface area contributed by atoms with Gasteiger partial charge in [0.15, 0.2) is 51.8 Å². The summed E-state index contributed by atoms with van der Waals surface area (Å²) in [5, 5.41) is 21.5. The van der Waals surface area contributed by atoms with Crippen molar-refractivity contribution in [3.05, 3.63) is 240 Å². The summed E-state index contributed by atoms with van der Waals surface area (Å²) in [5.74, 6) is -2.72. The van der Waals surface area contributed by atoms with Gasteiger partial charge < -0.3 is 61.8 Å². The first kappa shape index (κ1) is 103. The maximum Gasteiger partial charge on any atom is 0.327 e. The molecular weight excluding hydrogens is 2060 g/mol. The molecule has 4 atom stereocenters. The molecule has 0 aliphatic heterocycles. The monoisotopic (exact) mass is 2140 g/mol. The minimum atomic E-state index is -3.52. The minimum Gasteiger partial charge on any atom is -0.493 e. The molecule has 5 N–H and O–H groups in total. The largest absolute Gasteiger partial charge is 0.493 e. The van der Waals surface area contributed by atoms with Gasteiger partial charge in [-0.15, -0.1) is 0 Å². The van der Waals surface area contributed by atoms with Crippen molar-refractivity contribution < 1.29 is 124 Å². The van der Waals surface area contributed by atoms with Crippen molar-refractivity contribution in [1.82, 2.24) is 9.55 Å². The minimum absolute atomic E-state index is 0. The summed E-state index contributed by atoms with van der Waals surface area (Å²) in [7, 11) is -7.35. The number of sulfone groups is 4. The molecule has 0 fully saturated rings. The van der Waals surface area contributed by atoms with Crippen LogP contribution in [0, 0.1) is 56.7 Å². The standard InChI is InChI=1S/C19H20BrFN2O5S.C19H21BrFNO6S.C19H23BrFNO4S.C12H19NO4S.C6H2BrF2NO2.CH3.W/c1-4-28-17-7-11(5-6-16(17)27-2)15(10-29(3,25)26)23-18-13(21)8-12(20)9-14(18)22-19(23)24;1-4-28-19-8-12(5-6-18(19)27-2)13(11-29(3,25)26)7-15-16(21)9-14(20)10-17(15)22(23)24;1-4-26-19-8-12(5-6-18(19)25-2)13(11-27(3,23)24)7-15-16(21)9-14(20)10-17(15)22;1-4-17-12-7-9(5-6-11(12)16-2)10(13)8-18(3,14)15;7-3-1-4(8)6(9)5(2-3)10(11)12;;/h5-9,15H,4,10H2,1-3H3,(H,22,24);5-6,8-10,13H,4,7,11H2,1-3H3;5-6,8-10,13H,4,7,11,22H2,1-3H3;5-7,10H,4,8,13H2,1-3H3;1-2H;1H3;/q;;;;;-1;/t15-;2*13-;10-;;;/m1111.../s1. The number of nitro benzene ring substituents is 2. The fourth-order valence-electron chi connectivity index (χ4n) is 11.5. The maximum atomic E-state index is 14.7. The summed E-state index contributed by atoms with van der Waals surface area (Å²) in [4.78, 5) is 35.2. The molecule has 642 valence electrons. The van der Waals surface area contributed by atoms with Crippen molar-refractivity contribution in [2.75, 3.05) is 109 Å². The number of nitrogens with zero attached hydrogens (tertiary/aromatic N) is 3. The number of nitrogen functional groups attached to an aromatic ring is 1. The van der Waals surface area contributed by atoms with Crippen molar-refractivity contribution in [2.45, 2.75) is 64.5 Å². The van der Waals surface area contributed by atoms with Crippen LogP contribution in [-0.4, -0.2) is 156 Å². The van der Waals surface area contributed by atoms with Gasteiger partial charge in [-0.05, 0) is 148 Å². The predicted octanol–water partition coefficient (Wildman–Crippen LogP) is 15.7. The van der Waals surface area contributed by atoms with E-state index < -0.39 is 125 Å². The first-order valence-corrected chi connectivity index (χ1v) is 45.6. The fourth-order valence-corrected chi connectivity index (χ4v) is 17.1. The average molecular weight is 2150 g/mol. The molecule has 0 aliphatic rings. The second-order valence-corrected chi connectivity index (χ2v) is 37.7. The number of methoxy groups -OCH3 is 4. The predicted molar refractivity (Wildman–Crippen MR) is 450 cm³/mol. The van der Waals surface area contributed by atoms with Gasteiger partial charge in [0.2, 0.25) is 5.82 Å². The number of aromatic amines is 1. The summed E-state index contributed by atoms with van der Waals surface area (Å²) in [6.07, 6.45) is 4.45. The van der Waals surface area contributed by atoms with E-state index >= 15 is 0 Å². The maximum absolute atomic E-state index is 14.7. The Morgan fingerprint density at radius 3 is 1.17 bits per heavy atom. The number of imidazole rings is 1. The van der Waals surface area contributed by atoms with Crippen molar-refractivity contribution in [2.24, 2.45) is 5.73 Å². The van der Waals surface area contributed by atoms with E-state index in [-0.39, 0.29) is 89.8 Å². The Hall–Kier alpha value is -7.95. The van der Waals surface area contributed by atoms with E-state index in [0.29, 0.717) is 109 Å². The number of ether oxygens (including phenoxy) is 8. The first-order chi connectivity index (χ1) is 53.7. The second kappa shape index (κ2) is 46.6. The topological polar surface area (TPSA) is 387 Å². The van der Waals surface area contributed by atoms with Crippen molar-refractivity contribution in [1.29, 1.82) is 0 Å². The number of hydrogen-bond donors (Lipinski definition) is 3. The van der Waals surface area contributed by atoms with Gasteiger partial charge in [0.05, 0.1) is 105 Å². The Kier molecular flexibility index (Phi) is 41.1. The number of H-pyrrole nitrogens is 1. The van der Waals surface area contributed by atoms with Gasteiger partial charge in [-0.1, -0.05) is 88.0 Å². The van der Waals surface area contributed by atoms with Gasteiger partial charge >= 0.3 is 11.4 Å². The normalized spacial score (nSPS) is 12.2. The molecule has 9 rings (SSSR count). The smallest absolute Gasteiger partial charge is 0.327 e. The molecule has 0 amide bonds. The van der Waals surface area contributed by atoms with E-state index in [2.05, 4.69) is 68.7 Å². The van der Waals surface area contributed by atoms with Crippen LogP contribution in [0.15, 0.2) is 144 Å². The van der Waals surface area contributed by atoms with Crippen LogP contribution in [0.25, 0.3) is 11.0 Å². The summed E-state index contributed by atoms with van der Waals surface area (Å²) in [6.45, 7) is 8.97. The summed E-state index contributed by atoms with van der Waals surface area (Å²) in [5.41, 5.74) is 13.1. The number of benzene rings is 8. The van der Waals surface area contributed by atoms with Crippen LogP contribution < -0.4 is 55.1 Å². The number of fused-ring (bicyclic) bond motifs is 1. The van der Waals surface area contributed by atoms with Gasteiger partial charge in [0, 0.05) is 105 Å². The molecule has 0 saturated carbocycles. The molecule has 27 nitrogen and oxygen atoms in total. The molecule has 1 heterocycles. The third-order valence-corrected chi connectivity index (χ3v) is 22.0. The second-order valence-electron chi connectivity index (χ2n) is 25.3. The molecular formula is C76H88Br4F5N6O21S4W-.